The van der Waals surface area contributed by atoms with Crippen LogP contribution in [0, 0.1) is 5.41 Å². The summed E-state index contributed by atoms with van der Waals surface area (Å²) in [7, 11) is 0. The van der Waals surface area contributed by atoms with Gasteiger partial charge >= 0.3 is 0 Å². The molecule has 0 bridgehead atoms. The first-order chi connectivity index (χ1) is 13.0. The van der Waals surface area contributed by atoms with Crippen LogP contribution in [-0.2, 0) is 24.0 Å². The molecular weight excluding hydrogens is 382 g/mol. The predicted octanol–water partition coefficient (Wildman–Crippen LogP) is -2.02. The lowest BCUT2D eigenvalue weighted by Gasteiger charge is -2.28. The highest BCUT2D eigenvalue weighted by molar-refractivity contribution is 5.93. The van der Waals surface area contributed by atoms with E-state index in [-0.39, 0.29) is 12.8 Å². The molecule has 10 heteroatoms. The Morgan fingerprint density at radius 2 is 1.14 bits per heavy atom. The van der Waals surface area contributed by atoms with Gasteiger partial charge in [-0.25, -0.2) is 0 Å². The molecule has 3 amide bonds. The maximum Gasteiger partial charge on any atom is 0.243 e. The third kappa shape index (κ3) is 11.7. The Kier molecular flexibility index (Phi) is 9.79. The van der Waals surface area contributed by atoms with Gasteiger partial charge in [-0.05, 0) is 46.5 Å². The fraction of sp³-hybridized carbons (Fsp3) is 0.737. The number of carbonyl (C=O) groups excluding carboxylic acids is 5. The molecule has 166 valence electrons. The molecule has 0 aromatic heterocycles. The highest BCUT2D eigenvalue weighted by Gasteiger charge is 2.30. The van der Waals surface area contributed by atoms with Crippen molar-refractivity contribution < 1.29 is 34.2 Å². The molecular formula is C19H31N3O7-2. The Morgan fingerprint density at radius 1 is 0.724 bits per heavy atom. The molecule has 2 atom stereocenters. The summed E-state index contributed by atoms with van der Waals surface area (Å²) in [6.07, 6.45) is -1.43. The summed E-state index contributed by atoms with van der Waals surface area (Å²) >= 11 is 0. The first-order valence-corrected chi connectivity index (χ1v) is 9.36. The standard InChI is InChI=1S/C19H33N3O7/c1-18(2,3)17(29)21-11(7-9-13(23)24)15(27)20-12(8-10-14(25)26)16(28)22-19(4,5)6/h11-12H,7-10H2,1-6H3,(H,20,27)(H,21,29)(H,22,28)(H,23,24)(H,25,26)/p-2. The first kappa shape index (κ1) is 26.4. The fourth-order valence-electron chi connectivity index (χ4n) is 2.17. The number of carboxylic acid groups (broad SMARTS) is 2. The molecule has 0 aliphatic carbocycles. The van der Waals surface area contributed by atoms with Gasteiger partial charge in [0.1, 0.15) is 12.1 Å². The number of hydrogen-bond donors (Lipinski definition) is 3. The third-order valence-corrected chi connectivity index (χ3v) is 3.71. The zero-order chi connectivity index (χ0) is 23.0. The van der Waals surface area contributed by atoms with Crippen LogP contribution in [0.25, 0.3) is 0 Å². The molecule has 0 saturated heterocycles. The number of carboxylic acids is 2. The summed E-state index contributed by atoms with van der Waals surface area (Å²) in [5, 5.41) is 29.1. The smallest absolute Gasteiger partial charge is 0.243 e. The van der Waals surface area contributed by atoms with Crippen molar-refractivity contribution in [1.29, 1.82) is 0 Å². The Bertz CT molecular complexity index is 633. The average molecular weight is 413 g/mol. The molecule has 0 rings (SSSR count). The monoisotopic (exact) mass is 413 g/mol. The molecule has 0 aromatic carbocycles. The topological polar surface area (TPSA) is 168 Å². The average Bonchev–Trinajstić information content (AvgIpc) is 2.51. The Balaban J connectivity index is 5.43. The van der Waals surface area contributed by atoms with Crippen LogP contribution in [0.3, 0.4) is 0 Å². The van der Waals surface area contributed by atoms with E-state index in [1.165, 1.54) is 0 Å². The van der Waals surface area contributed by atoms with Crippen LogP contribution in [-0.4, -0.2) is 47.3 Å². The summed E-state index contributed by atoms with van der Waals surface area (Å²) in [5.74, 6) is -4.67. The number of aliphatic carboxylic acids is 2. The summed E-state index contributed by atoms with van der Waals surface area (Å²) in [6, 6.07) is -2.43. The van der Waals surface area contributed by atoms with Crippen molar-refractivity contribution in [3.05, 3.63) is 0 Å². The maximum absolute atomic E-state index is 12.7. The Hall–Kier alpha value is -2.65. The number of rotatable bonds is 10. The summed E-state index contributed by atoms with van der Waals surface area (Å²) in [6.45, 7) is 10.0. The van der Waals surface area contributed by atoms with Gasteiger partial charge < -0.3 is 35.8 Å². The van der Waals surface area contributed by atoms with E-state index < -0.39 is 65.5 Å². The zero-order valence-electron chi connectivity index (χ0n) is 17.8. The van der Waals surface area contributed by atoms with Crippen molar-refractivity contribution in [3.8, 4) is 0 Å². The molecule has 0 saturated carbocycles. The van der Waals surface area contributed by atoms with Gasteiger partial charge in [0.2, 0.25) is 17.7 Å². The third-order valence-electron chi connectivity index (χ3n) is 3.71. The van der Waals surface area contributed by atoms with Gasteiger partial charge in [0.25, 0.3) is 0 Å². The minimum Gasteiger partial charge on any atom is -0.550 e. The quantitative estimate of drug-likeness (QED) is 0.371. The van der Waals surface area contributed by atoms with E-state index in [9.17, 15) is 34.2 Å². The van der Waals surface area contributed by atoms with E-state index in [4.69, 9.17) is 0 Å². The second kappa shape index (κ2) is 10.8. The molecule has 0 spiro atoms. The first-order valence-electron chi connectivity index (χ1n) is 9.36. The van der Waals surface area contributed by atoms with Crippen molar-refractivity contribution in [3.63, 3.8) is 0 Å². The van der Waals surface area contributed by atoms with Crippen LogP contribution < -0.4 is 26.2 Å². The van der Waals surface area contributed by atoms with Crippen LogP contribution in [0.4, 0.5) is 0 Å². The molecule has 0 aliphatic rings. The fourth-order valence-corrected chi connectivity index (χ4v) is 2.17. The van der Waals surface area contributed by atoms with E-state index in [1.807, 2.05) is 0 Å². The summed E-state index contributed by atoms with van der Waals surface area (Å²) < 4.78 is 0. The van der Waals surface area contributed by atoms with Crippen LogP contribution in [0.5, 0.6) is 0 Å². The molecule has 0 aromatic rings. The molecule has 0 radical (unpaired) electrons. The van der Waals surface area contributed by atoms with Gasteiger partial charge in [-0.2, -0.15) is 0 Å². The number of carbonyl (C=O) groups is 5. The second-order valence-corrected chi connectivity index (χ2v) is 8.90. The minimum absolute atomic E-state index is 0.226. The molecule has 0 fully saturated rings. The Labute approximate surface area is 170 Å². The Morgan fingerprint density at radius 3 is 1.48 bits per heavy atom. The SMILES string of the molecule is CC(C)(C)NC(=O)C(CCC(=O)[O-])NC(=O)C(CCC(=O)[O-])NC(=O)C(C)(C)C. The van der Waals surface area contributed by atoms with Crippen molar-refractivity contribution >= 4 is 29.7 Å². The summed E-state index contributed by atoms with van der Waals surface area (Å²) in [5.41, 5.74) is -1.46. The largest absolute Gasteiger partial charge is 0.550 e. The van der Waals surface area contributed by atoms with Crippen LogP contribution in [0.2, 0.25) is 0 Å². The molecule has 3 N–H and O–H groups in total. The second-order valence-electron chi connectivity index (χ2n) is 8.90. The van der Waals surface area contributed by atoms with Crippen molar-refractivity contribution in [2.24, 2.45) is 5.41 Å². The van der Waals surface area contributed by atoms with E-state index in [2.05, 4.69) is 16.0 Å². The zero-order valence-corrected chi connectivity index (χ0v) is 17.8. The van der Waals surface area contributed by atoms with E-state index in [1.54, 1.807) is 41.5 Å². The molecule has 29 heavy (non-hydrogen) atoms. The van der Waals surface area contributed by atoms with Crippen molar-refractivity contribution in [2.75, 3.05) is 0 Å². The molecule has 0 heterocycles. The lowest BCUT2D eigenvalue weighted by Crippen LogP contribution is -2.57. The predicted molar refractivity (Wildman–Crippen MR) is 99.7 cm³/mol. The molecule has 2 unspecified atom stereocenters. The molecule has 0 aliphatic heterocycles. The van der Waals surface area contributed by atoms with Gasteiger partial charge in [0.15, 0.2) is 0 Å². The van der Waals surface area contributed by atoms with Crippen LogP contribution >= 0.6 is 0 Å². The van der Waals surface area contributed by atoms with E-state index >= 15 is 0 Å². The number of hydrogen-bond acceptors (Lipinski definition) is 7. The van der Waals surface area contributed by atoms with Gasteiger partial charge in [-0.1, -0.05) is 20.8 Å². The summed E-state index contributed by atoms with van der Waals surface area (Å²) in [4.78, 5) is 58.9. The normalized spacial score (nSPS) is 13.7. The van der Waals surface area contributed by atoms with Crippen LogP contribution in [0.15, 0.2) is 0 Å². The highest BCUT2D eigenvalue weighted by Crippen LogP contribution is 2.14. The lowest BCUT2D eigenvalue weighted by molar-refractivity contribution is -0.307. The maximum atomic E-state index is 12.7. The van der Waals surface area contributed by atoms with Crippen LogP contribution in [0.1, 0.15) is 67.2 Å². The number of amides is 3. The van der Waals surface area contributed by atoms with Crippen molar-refractivity contribution in [1.82, 2.24) is 16.0 Å². The van der Waals surface area contributed by atoms with Gasteiger partial charge in [0.05, 0.1) is 0 Å². The van der Waals surface area contributed by atoms with Crippen molar-refractivity contribution in [2.45, 2.75) is 84.8 Å². The molecule has 10 nitrogen and oxygen atoms in total. The van der Waals surface area contributed by atoms with E-state index in [0.717, 1.165) is 0 Å². The van der Waals surface area contributed by atoms with E-state index in [0.29, 0.717) is 0 Å². The highest BCUT2D eigenvalue weighted by atomic mass is 16.4. The van der Waals surface area contributed by atoms with Gasteiger partial charge in [-0.15, -0.1) is 0 Å². The number of nitrogens with one attached hydrogen (secondary N) is 3. The minimum atomic E-state index is -1.40. The van der Waals surface area contributed by atoms with Gasteiger partial charge in [-0.3, -0.25) is 14.4 Å². The lowest BCUT2D eigenvalue weighted by atomic mass is 9.94. The van der Waals surface area contributed by atoms with Gasteiger partial charge in [0, 0.05) is 22.9 Å².